The number of aryl methyl sites for hydroxylation is 1. The van der Waals surface area contributed by atoms with Crippen molar-refractivity contribution in [2.24, 2.45) is 18.4 Å². The van der Waals surface area contributed by atoms with Gasteiger partial charge in [-0.05, 0) is 20.8 Å². The number of aromatic nitrogens is 2. The van der Waals surface area contributed by atoms with Gasteiger partial charge in [0, 0.05) is 26.1 Å². The second kappa shape index (κ2) is 5.94. The van der Waals surface area contributed by atoms with Crippen molar-refractivity contribution in [3.63, 3.8) is 0 Å². The van der Waals surface area contributed by atoms with Crippen LogP contribution in [0.1, 0.15) is 20.8 Å². The second-order valence-electron chi connectivity index (χ2n) is 7.59. The summed E-state index contributed by atoms with van der Waals surface area (Å²) >= 11 is 6.01. The number of ether oxygens (including phenoxy) is 2. The zero-order valence-corrected chi connectivity index (χ0v) is 16.2. The van der Waals surface area contributed by atoms with Crippen LogP contribution < -0.4 is 0 Å². The van der Waals surface area contributed by atoms with Gasteiger partial charge in [-0.15, -0.1) is 0 Å². The summed E-state index contributed by atoms with van der Waals surface area (Å²) in [6, 6.07) is 0. The van der Waals surface area contributed by atoms with E-state index >= 15 is 0 Å². The van der Waals surface area contributed by atoms with Crippen LogP contribution in [0.5, 0.6) is 0 Å². The van der Waals surface area contributed by atoms with Crippen LogP contribution in [0.3, 0.4) is 0 Å². The van der Waals surface area contributed by atoms with Crippen molar-refractivity contribution >= 4 is 27.6 Å². The summed E-state index contributed by atoms with van der Waals surface area (Å²) in [5.74, 6) is -0.666. The minimum Gasteiger partial charge on any atom is -0.459 e. The molecule has 2 atom stereocenters. The molecule has 0 saturated carbocycles. The summed E-state index contributed by atoms with van der Waals surface area (Å²) in [5.41, 5.74) is -1.64. The SMILES string of the molecule is Cn1ncc(Cl)c1S(=O)(=O)N1C[C@@H]2COC[C@]2(C(=O)OC(C)(C)C)C1. The molecule has 140 valence electrons. The van der Waals surface area contributed by atoms with Crippen molar-refractivity contribution in [2.45, 2.75) is 31.4 Å². The average molecular weight is 392 g/mol. The number of sulfonamides is 1. The summed E-state index contributed by atoms with van der Waals surface area (Å²) in [7, 11) is -2.36. The van der Waals surface area contributed by atoms with E-state index in [0.717, 1.165) is 0 Å². The van der Waals surface area contributed by atoms with Crippen LogP contribution >= 0.6 is 11.6 Å². The molecule has 2 aliphatic heterocycles. The summed E-state index contributed by atoms with van der Waals surface area (Å²) in [6.07, 6.45) is 1.29. The van der Waals surface area contributed by atoms with Gasteiger partial charge in [-0.3, -0.25) is 9.48 Å². The van der Waals surface area contributed by atoms with Gasteiger partial charge >= 0.3 is 5.97 Å². The molecule has 0 N–H and O–H groups in total. The van der Waals surface area contributed by atoms with Crippen molar-refractivity contribution < 1.29 is 22.7 Å². The van der Waals surface area contributed by atoms with Gasteiger partial charge in [0.05, 0.1) is 24.4 Å². The van der Waals surface area contributed by atoms with E-state index in [1.54, 1.807) is 20.8 Å². The zero-order chi connectivity index (χ0) is 18.6. The third-order valence-electron chi connectivity index (χ3n) is 4.57. The van der Waals surface area contributed by atoms with Gasteiger partial charge < -0.3 is 9.47 Å². The molecular formula is C15H22ClN3O5S. The van der Waals surface area contributed by atoms with Crippen molar-refractivity contribution in [1.29, 1.82) is 0 Å². The maximum absolute atomic E-state index is 13.0. The van der Waals surface area contributed by atoms with Crippen LogP contribution in [0.15, 0.2) is 11.2 Å². The van der Waals surface area contributed by atoms with Gasteiger partial charge in [-0.1, -0.05) is 11.6 Å². The third kappa shape index (κ3) is 3.07. The Bertz CT molecular complexity index is 781. The fourth-order valence-corrected chi connectivity index (χ4v) is 5.51. The Kier molecular flexibility index (Phi) is 4.42. The highest BCUT2D eigenvalue weighted by Gasteiger charge is 2.60. The predicted molar refractivity (Wildman–Crippen MR) is 89.6 cm³/mol. The largest absolute Gasteiger partial charge is 0.459 e. The molecule has 3 rings (SSSR count). The number of esters is 1. The molecule has 2 saturated heterocycles. The summed E-state index contributed by atoms with van der Waals surface area (Å²) in [4.78, 5) is 12.8. The first kappa shape index (κ1) is 18.6. The predicted octanol–water partition coefficient (Wildman–Crippen LogP) is 1.05. The van der Waals surface area contributed by atoms with Crippen molar-refractivity contribution in [3.8, 4) is 0 Å². The zero-order valence-electron chi connectivity index (χ0n) is 14.7. The van der Waals surface area contributed by atoms with Crippen LogP contribution in [0, 0.1) is 11.3 Å². The van der Waals surface area contributed by atoms with Crippen LogP contribution in [0.2, 0.25) is 5.02 Å². The first-order valence-corrected chi connectivity index (χ1v) is 9.78. The lowest BCUT2D eigenvalue weighted by Gasteiger charge is -2.29. The van der Waals surface area contributed by atoms with E-state index in [1.165, 1.54) is 22.2 Å². The number of rotatable bonds is 3. The van der Waals surface area contributed by atoms with Gasteiger partial charge in [-0.25, -0.2) is 8.42 Å². The molecule has 0 radical (unpaired) electrons. The number of carbonyl (C=O) groups is 1. The number of hydrogen-bond acceptors (Lipinski definition) is 6. The second-order valence-corrected chi connectivity index (χ2v) is 9.85. The Balaban J connectivity index is 1.92. The molecule has 0 aromatic carbocycles. The van der Waals surface area contributed by atoms with Crippen LogP contribution in [-0.2, 0) is 31.3 Å². The molecule has 0 aliphatic carbocycles. The fourth-order valence-electron chi connectivity index (χ4n) is 3.35. The average Bonchev–Trinajstić information content (AvgIpc) is 3.09. The Morgan fingerprint density at radius 1 is 1.48 bits per heavy atom. The molecule has 0 bridgehead atoms. The minimum absolute atomic E-state index is 0.0103. The molecule has 0 spiro atoms. The van der Waals surface area contributed by atoms with Crippen molar-refractivity contribution in [2.75, 3.05) is 26.3 Å². The standard InChI is InChI=1S/C15H22ClN3O5S/c1-14(2,3)24-13(20)15-8-19(6-10(15)7-23-9-15)25(21,22)12-11(16)5-17-18(12)4/h5,10H,6-9H2,1-4H3/t10-,15-/m1/s1. The number of carbonyl (C=O) groups excluding carboxylic acids is 1. The number of fused-ring (bicyclic) bond motifs is 1. The normalized spacial score (nSPS) is 27.5. The maximum Gasteiger partial charge on any atom is 0.316 e. The molecule has 1 aromatic rings. The molecule has 25 heavy (non-hydrogen) atoms. The number of halogens is 1. The lowest BCUT2D eigenvalue weighted by atomic mass is 9.81. The Morgan fingerprint density at radius 3 is 2.72 bits per heavy atom. The monoisotopic (exact) mass is 391 g/mol. The Morgan fingerprint density at radius 2 is 2.16 bits per heavy atom. The van der Waals surface area contributed by atoms with Gasteiger partial charge in [0.25, 0.3) is 10.0 Å². The molecular weight excluding hydrogens is 370 g/mol. The topological polar surface area (TPSA) is 90.7 Å². The van der Waals surface area contributed by atoms with E-state index in [2.05, 4.69) is 5.10 Å². The van der Waals surface area contributed by atoms with E-state index in [1.807, 2.05) is 0 Å². The highest BCUT2D eigenvalue weighted by molar-refractivity contribution is 7.89. The fraction of sp³-hybridized carbons (Fsp3) is 0.733. The summed E-state index contributed by atoms with van der Waals surface area (Å²) < 4.78 is 39.5. The molecule has 0 amide bonds. The van der Waals surface area contributed by atoms with E-state index in [0.29, 0.717) is 6.61 Å². The molecule has 3 heterocycles. The van der Waals surface area contributed by atoms with Gasteiger partial charge in [-0.2, -0.15) is 9.40 Å². The highest BCUT2D eigenvalue weighted by Crippen LogP contribution is 2.45. The molecule has 2 aliphatic rings. The van der Waals surface area contributed by atoms with Gasteiger partial charge in [0.2, 0.25) is 0 Å². The van der Waals surface area contributed by atoms with Crippen molar-refractivity contribution in [3.05, 3.63) is 11.2 Å². The molecule has 10 heteroatoms. The first-order chi connectivity index (χ1) is 11.5. The van der Waals surface area contributed by atoms with Crippen LogP contribution in [0.25, 0.3) is 0 Å². The highest BCUT2D eigenvalue weighted by atomic mass is 35.5. The Labute approximate surface area is 152 Å². The lowest BCUT2D eigenvalue weighted by Crippen LogP contribution is -2.44. The first-order valence-electron chi connectivity index (χ1n) is 7.96. The minimum atomic E-state index is -3.88. The van der Waals surface area contributed by atoms with E-state index in [9.17, 15) is 13.2 Å². The Hall–Kier alpha value is -1.16. The summed E-state index contributed by atoms with van der Waals surface area (Å²) in [6.45, 7) is 6.02. The number of nitrogens with zero attached hydrogens (tertiary/aromatic N) is 3. The third-order valence-corrected chi connectivity index (χ3v) is 6.89. The quantitative estimate of drug-likeness (QED) is 0.715. The molecule has 8 nitrogen and oxygen atoms in total. The van der Waals surface area contributed by atoms with Crippen LogP contribution in [-0.4, -0.2) is 60.4 Å². The van der Waals surface area contributed by atoms with Crippen LogP contribution in [0.4, 0.5) is 0 Å². The molecule has 0 unspecified atom stereocenters. The van der Waals surface area contributed by atoms with E-state index < -0.39 is 27.0 Å². The molecule has 2 fully saturated rings. The van der Waals surface area contributed by atoms with E-state index in [-0.39, 0.29) is 35.7 Å². The maximum atomic E-state index is 13.0. The summed E-state index contributed by atoms with van der Waals surface area (Å²) in [5, 5.41) is 3.87. The molecule has 1 aromatic heterocycles. The van der Waals surface area contributed by atoms with Gasteiger partial charge in [0.1, 0.15) is 11.0 Å². The van der Waals surface area contributed by atoms with E-state index in [4.69, 9.17) is 21.1 Å². The smallest absolute Gasteiger partial charge is 0.316 e. The lowest BCUT2D eigenvalue weighted by molar-refractivity contribution is -0.168. The van der Waals surface area contributed by atoms with Crippen molar-refractivity contribution in [1.82, 2.24) is 14.1 Å². The number of hydrogen-bond donors (Lipinski definition) is 0. The van der Waals surface area contributed by atoms with Gasteiger partial charge in [0.15, 0.2) is 5.03 Å².